The number of anilines is 2. The number of aromatic nitrogens is 4. The van der Waals surface area contributed by atoms with Gasteiger partial charge in [0.25, 0.3) is 0 Å². The summed E-state index contributed by atoms with van der Waals surface area (Å²) in [6.45, 7) is 0. The van der Waals surface area contributed by atoms with Crippen LogP contribution in [0, 0.1) is 0 Å². The van der Waals surface area contributed by atoms with Crippen LogP contribution in [0.2, 0.25) is 0 Å². The largest absolute Gasteiger partial charge is 0.490 e. The van der Waals surface area contributed by atoms with Gasteiger partial charge in [-0.15, -0.1) is 0 Å². The molecule has 3 heterocycles. The maximum Gasteiger partial charge on any atom is 0.490 e. The normalized spacial score (nSPS) is 10.8. The van der Waals surface area contributed by atoms with Gasteiger partial charge >= 0.3 is 12.1 Å². The SMILES string of the molecule is Nc1nc2c(N)ccnc2cc1-c1ccncn1.O=C(O)C(F)(F)F. The molecule has 0 saturated heterocycles. The fourth-order valence-electron chi connectivity index (χ4n) is 1.76. The Kier molecular flexibility index (Phi) is 4.96. The summed E-state index contributed by atoms with van der Waals surface area (Å²) >= 11 is 0. The molecule has 3 aromatic heterocycles. The lowest BCUT2D eigenvalue weighted by atomic mass is 10.1. The van der Waals surface area contributed by atoms with Crippen molar-refractivity contribution in [3.63, 3.8) is 0 Å². The van der Waals surface area contributed by atoms with Crippen LogP contribution in [0.15, 0.2) is 36.9 Å². The minimum Gasteiger partial charge on any atom is -0.475 e. The van der Waals surface area contributed by atoms with Crippen molar-refractivity contribution in [2.45, 2.75) is 6.18 Å². The molecule has 0 aliphatic rings. The molecule has 0 radical (unpaired) electrons. The van der Waals surface area contributed by atoms with Gasteiger partial charge in [0.1, 0.15) is 17.7 Å². The second-order valence-corrected chi connectivity index (χ2v) is 4.59. The van der Waals surface area contributed by atoms with Crippen LogP contribution in [0.25, 0.3) is 22.3 Å². The van der Waals surface area contributed by atoms with Gasteiger partial charge < -0.3 is 16.6 Å². The molecule has 25 heavy (non-hydrogen) atoms. The number of hydrogen-bond donors (Lipinski definition) is 3. The van der Waals surface area contributed by atoms with E-state index in [0.717, 1.165) is 5.56 Å². The number of carboxylic acid groups (broad SMARTS) is 1. The van der Waals surface area contributed by atoms with Crippen LogP contribution in [0.5, 0.6) is 0 Å². The first kappa shape index (κ1) is 17.8. The first-order chi connectivity index (χ1) is 11.7. The monoisotopic (exact) mass is 352 g/mol. The molecule has 0 atom stereocenters. The standard InChI is InChI=1S/C12H10N6.C2HF3O2/c13-8-1-4-16-10-5-7(12(14)18-11(8)10)9-2-3-15-6-17-9;3-2(4,5)1(6)7/h1-6H,(H2,13,16)(H2,14,18);(H,6,7). The Morgan fingerprint density at radius 2 is 1.80 bits per heavy atom. The summed E-state index contributed by atoms with van der Waals surface area (Å²) in [5.41, 5.74) is 15.1. The van der Waals surface area contributed by atoms with E-state index < -0.39 is 12.1 Å². The molecule has 3 aromatic rings. The van der Waals surface area contributed by atoms with Gasteiger partial charge in [0, 0.05) is 18.0 Å². The lowest BCUT2D eigenvalue weighted by Crippen LogP contribution is -2.21. The van der Waals surface area contributed by atoms with Crippen LogP contribution in [0.1, 0.15) is 0 Å². The smallest absolute Gasteiger partial charge is 0.475 e. The molecule has 0 amide bonds. The number of carboxylic acids is 1. The van der Waals surface area contributed by atoms with Crippen LogP contribution < -0.4 is 11.5 Å². The predicted molar refractivity (Wildman–Crippen MR) is 83.1 cm³/mol. The first-order valence-electron chi connectivity index (χ1n) is 6.57. The van der Waals surface area contributed by atoms with E-state index in [1.54, 1.807) is 24.5 Å². The van der Waals surface area contributed by atoms with Gasteiger partial charge in [-0.2, -0.15) is 13.2 Å². The van der Waals surface area contributed by atoms with Gasteiger partial charge in [-0.25, -0.2) is 19.7 Å². The summed E-state index contributed by atoms with van der Waals surface area (Å²) in [7, 11) is 0. The second-order valence-electron chi connectivity index (χ2n) is 4.59. The van der Waals surface area contributed by atoms with Crippen molar-refractivity contribution in [2.24, 2.45) is 0 Å². The summed E-state index contributed by atoms with van der Waals surface area (Å²) in [6.07, 6.45) is -0.330. The first-order valence-corrected chi connectivity index (χ1v) is 6.57. The van der Waals surface area contributed by atoms with Crippen molar-refractivity contribution >= 4 is 28.5 Å². The van der Waals surface area contributed by atoms with E-state index in [1.807, 2.05) is 6.07 Å². The molecular weight excluding hydrogens is 341 g/mol. The van der Waals surface area contributed by atoms with E-state index in [0.29, 0.717) is 28.2 Å². The number of alkyl halides is 3. The maximum absolute atomic E-state index is 10.6. The molecule has 0 fully saturated rings. The topological polar surface area (TPSA) is 141 Å². The molecule has 0 unspecified atom stereocenters. The minimum absolute atomic E-state index is 0.376. The number of nitrogens with zero attached hydrogens (tertiary/aromatic N) is 4. The van der Waals surface area contributed by atoms with E-state index in [9.17, 15) is 13.2 Å². The van der Waals surface area contributed by atoms with Crippen molar-refractivity contribution in [3.8, 4) is 11.3 Å². The van der Waals surface area contributed by atoms with Crippen LogP contribution in [0.4, 0.5) is 24.7 Å². The van der Waals surface area contributed by atoms with E-state index in [-0.39, 0.29) is 0 Å². The zero-order valence-corrected chi connectivity index (χ0v) is 12.4. The predicted octanol–water partition coefficient (Wildman–Crippen LogP) is 1.88. The number of pyridine rings is 2. The Hall–Kier alpha value is -3.50. The number of halogens is 3. The van der Waals surface area contributed by atoms with E-state index in [2.05, 4.69) is 19.9 Å². The molecule has 0 aliphatic carbocycles. The number of fused-ring (bicyclic) bond motifs is 1. The van der Waals surface area contributed by atoms with Crippen LogP contribution in [-0.2, 0) is 4.79 Å². The molecule has 5 N–H and O–H groups in total. The summed E-state index contributed by atoms with van der Waals surface area (Å²) in [6, 6.07) is 5.29. The third-order valence-electron chi connectivity index (χ3n) is 2.87. The average Bonchev–Trinajstić information content (AvgIpc) is 2.56. The highest BCUT2D eigenvalue weighted by molar-refractivity contribution is 5.91. The van der Waals surface area contributed by atoms with E-state index in [1.165, 1.54) is 6.33 Å². The van der Waals surface area contributed by atoms with Crippen molar-refractivity contribution < 1.29 is 23.1 Å². The lowest BCUT2D eigenvalue weighted by molar-refractivity contribution is -0.192. The fourth-order valence-corrected chi connectivity index (χ4v) is 1.76. The van der Waals surface area contributed by atoms with Crippen molar-refractivity contribution in [2.75, 3.05) is 11.5 Å². The maximum atomic E-state index is 10.6. The van der Waals surface area contributed by atoms with E-state index in [4.69, 9.17) is 21.4 Å². The molecule has 11 heteroatoms. The molecule has 0 aliphatic heterocycles. The fraction of sp³-hybridized carbons (Fsp3) is 0.0714. The van der Waals surface area contributed by atoms with Gasteiger partial charge in [-0.3, -0.25) is 4.98 Å². The Balaban J connectivity index is 0.000000277. The van der Waals surface area contributed by atoms with Crippen molar-refractivity contribution in [1.29, 1.82) is 0 Å². The quantitative estimate of drug-likeness (QED) is 0.603. The van der Waals surface area contributed by atoms with E-state index >= 15 is 0 Å². The number of aliphatic carboxylic acids is 1. The molecule has 8 nitrogen and oxygen atoms in total. The Morgan fingerprint density at radius 3 is 2.36 bits per heavy atom. The van der Waals surface area contributed by atoms with Gasteiger partial charge in [-0.1, -0.05) is 0 Å². The molecule has 130 valence electrons. The third-order valence-corrected chi connectivity index (χ3v) is 2.87. The van der Waals surface area contributed by atoms with Crippen molar-refractivity contribution in [3.05, 3.63) is 36.9 Å². The zero-order chi connectivity index (χ0) is 18.6. The second kappa shape index (κ2) is 6.95. The van der Waals surface area contributed by atoms with Gasteiger partial charge in [0.15, 0.2) is 0 Å². The summed E-state index contributed by atoms with van der Waals surface area (Å²) < 4.78 is 31.7. The molecule has 0 bridgehead atoms. The molecular formula is C14H11F3N6O2. The van der Waals surface area contributed by atoms with Gasteiger partial charge in [0.2, 0.25) is 0 Å². The molecule has 0 saturated carbocycles. The molecule has 0 aromatic carbocycles. The van der Waals surface area contributed by atoms with Crippen LogP contribution >= 0.6 is 0 Å². The highest BCUT2D eigenvalue weighted by Gasteiger charge is 2.38. The number of hydrogen-bond acceptors (Lipinski definition) is 7. The van der Waals surface area contributed by atoms with Gasteiger partial charge in [0.05, 0.1) is 16.9 Å². The molecule has 3 rings (SSSR count). The summed E-state index contributed by atoms with van der Waals surface area (Å²) in [4.78, 5) is 25.4. The Labute approximate surface area is 138 Å². The summed E-state index contributed by atoms with van der Waals surface area (Å²) in [5, 5.41) is 7.12. The van der Waals surface area contributed by atoms with Crippen LogP contribution in [0.3, 0.4) is 0 Å². The number of nitrogens with two attached hydrogens (primary N) is 2. The molecule has 0 spiro atoms. The Morgan fingerprint density at radius 1 is 1.12 bits per heavy atom. The third kappa shape index (κ3) is 4.28. The lowest BCUT2D eigenvalue weighted by Gasteiger charge is -2.07. The van der Waals surface area contributed by atoms with Crippen molar-refractivity contribution in [1.82, 2.24) is 19.9 Å². The number of rotatable bonds is 1. The van der Waals surface area contributed by atoms with Gasteiger partial charge in [-0.05, 0) is 18.2 Å². The Bertz CT molecular complexity index is 902. The number of nitrogen functional groups attached to an aromatic ring is 2. The average molecular weight is 352 g/mol. The zero-order valence-electron chi connectivity index (χ0n) is 12.4. The number of carbonyl (C=O) groups is 1. The summed E-state index contributed by atoms with van der Waals surface area (Å²) in [5.74, 6) is -2.38. The van der Waals surface area contributed by atoms with Crippen LogP contribution in [-0.4, -0.2) is 37.2 Å². The minimum atomic E-state index is -5.08. The highest BCUT2D eigenvalue weighted by atomic mass is 19.4. The highest BCUT2D eigenvalue weighted by Crippen LogP contribution is 2.27.